The van der Waals surface area contributed by atoms with Crippen LogP contribution in [-0.4, -0.2) is 34.6 Å². The molecule has 1 heterocycles. The maximum Gasteiger partial charge on any atom is 0.246 e. The van der Waals surface area contributed by atoms with Gasteiger partial charge in [0.25, 0.3) is 0 Å². The van der Waals surface area contributed by atoms with Crippen molar-refractivity contribution in [3.05, 3.63) is 47.1 Å². The van der Waals surface area contributed by atoms with Crippen LogP contribution in [0, 0.1) is 12.3 Å². The summed E-state index contributed by atoms with van der Waals surface area (Å²) in [6.45, 7) is 9.54. The number of nitrogens with zero attached hydrogens (tertiary/aromatic N) is 3. The smallest absolute Gasteiger partial charge is 0.246 e. The molecule has 0 N–H and O–H groups in total. The van der Waals surface area contributed by atoms with Gasteiger partial charge in [-0.3, -0.25) is 4.79 Å². The average molecular weight is 357 g/mol. The lowest BCUT2D eigenvalue weighted by molar-refractivity contribution is -0.135. The van der Waals surface area contributed by atoms with Gasteiger partial charge in [0.05, 0.1) is 12.0 Å². The van der Waals surface area contributed by atoms with Gasteiger partial charge in [0, 0.05) is 13.7 Å². The van der Waals surface area contributed by atoms with E-state index in [4.69, 9.17) is 9.26 Å². The highest BCUT2D eigenvalue weighted by atomic mass is 16.5. The molecule has 0 saturated heterocycles. The number of methoxy groups -OCH3 is 1. The molecule has 1 aromatic heterocycles. The summed E-state index contributed by atoms with van der Waals surface area (Å²) in [5.74, 6) is 1.05. The average Bonchev–Trinajstić information content (AvgIpc) is 2.96. The molecule has 6 heteroatoms. The van der Waals surface area contributed by atoms with Crippen molar-refractivity contribution < 1.29 is 14.1 Å². The number of amides is 1. The number of carbonyl (C=O) groups excluding carboxylic acids is 1. The van der Waals surface area contributed by atoms with E-state index >= 15 is 0 Å². The molecule has 1 aliphatic rings. The van der Waals surface area contributed by atoms with Gasteiger partial charge >= 0.3 is 0 Å². The van der Waals surface area contributed by atoms with Crippen LogP contribution in [0.4, 0.5) is 0 Å². The maximum atomic E-state index is 13.5. The summed E-state index contributed by atoms with van der Waals surface area (Å²) in [7, 11) is 1.58. The van der Waals surface area contributed by atoms with Crippen molar-refractivity contribution in [3.8, 4) is 0 Å². The molecule has 1 atom stereocenters. The first-order valence-electron chi connectivity index (χ1n) is 9.01. The molecular formula is C20H27N3O3. The van der Waals surface area contributed by atoms with Crippen LogP contribution in [0.25, 0.3) is 0 Å². The molecule has 0 bridgehead atoms. The number of benzene rings is 1. The van der Waals surface area contributed by atoms with Crippen LogP contribution < -0.4 is 0 Å². The van der Waals surface area contributed by atoms with E-state index in [1.165, 1.54) is 5.56 Å². The molecule has 6 nitrogen and oxygen atoms in total. The van der Waals surface area contributed by atoms with Crippen molar-refractivity contribution in [1.29, 1.82) is 0 Å². The number of ether oxygens (including phenoxy) is 1. The highest BCUT2D eigenvalue weighted by molar-refractivity contribution is 5.93. The van der Waals surface area contributed by atoms with E-state index in [-0.39, 0.29) is 11.3 Å². The van der Waals surface area contributed by atoms with Crippen molar-refractivity contribution >= 4 is 5.91 Å². The summed E-state index contributed by atoms with van der Waals surface area (Å²) in [5, 5.41) is 3.88. The zero-order chi connectivity index (χ0) is 18.9. The lowest BCUT2D eigenvalue weighted by Gasteiger charge is -2.28. The molecule has 2 aromatic rings. The van der Waals surface area contributed by atoms with E-state index in [9.17, 15) is 4.79 Å². The van der Waals surface area contributed by atoms with E-state index in [1.807, 2.05) is 6.92 Å². The summed E-state index contributed by atoms with van der Waals surface area (Å²) in [4.78, 5) is 19.6. The minimum absolute atomic E-state index is 0.0667. The first-order chi connectivity index (χ1) is 12.3. The van der Waals surface area contributed by atoms with Crippen LogP contribution in [0.3, 0.4) is 0 Å². The topological polar surface area (TPSA) is 68.5 Å². The fourth-order valence-electron chi connectivity index (χ4n) is 3.74. The molecule has 26 heavy (non-hydrogen) atoms. The molecule has 0 radical (unpaired) electrons. The number of aryl methyl sites for hydroxylation is 1. The predicted octanol–water partition coefficient (Wildman–Crippen LogP) is 3.24. The number of likely N-dealkylation sites (N-methyl/N-ethyl adjacent to an activating group) is 1. The Morgan fingerprint density at radius 1 is 1.31 bits per heavy atom. The molecule has 1 fully saturated rings. The molecule has 1 aliphatic carbocycles. The molecule has 0 aliphatic heterocycles. The molecule has 1 amide bonds. The Labute approximate surface area is 154 Å². The standard InChI is InChI=1S/C20H27N3O3/c1-6-23(11-17-21-16(12-25-5)22-26-17)18(24)20(13-19(20,3)4)15-9-7-14(2)8-10-15/h7-10H,6,11-13H2,1-5H3. The third-order valence-corrected chi connectivity index (χ3v) is 5.43. The van der Waals surface area contributed by atoms with Crippen molar-refractivity contribution in [1.82, 2.24) is 15.0 Å². The van der Waals surface area contributed by atoms with Gasteiger partial charge in [0.2, 0.25) is 11.8 Å². The number of carbonyl (C=O) groups is 1. The SMILES string of the molecule is CCN(Cc1nc(COC)no1)C(=O)C1(c2ccc(C)cc2)CC1(C)C. The fourth-order valence-corrected chi connectivity index (χ4v) is 3.74. The minimum atomic E-state index is -0.480. The second-order valence-corrected chi connectivity index (χ2v) is 7.69. The van der Waals surface area contributed by atoms with Gasteiger partial charge in [0.15, 0.2) is 5.82 Å². The molecule has 1 saturated carbocycles. The van der Waals surface area contributed by atoms with Gasteiger partial charge in [-0.05, 0) is 31.2 Å². The summed E-state index contributed by atoms with van der Waals surface area (Å²) < 4.78 is 10.3. The van der Waals surface area contributed by atoms with Gasteiger partial charge in [-0.1, -0.05) is 48.8 Å². The molecule has 3 rings (SSSR count). The Balaban J connectivity index is 1.84. The predicted molar refractivity (Wildman–Crippen MR) is 97.4 cm³/mol. The maximum absolute atomic E-state index is 13.5. The van der Waals surface area contributed by atoms with E-state index in [2.05, 4.69) is 55.2 Å². The largest absolute Gasteiger partial charge is 0.377 e. The van der Waals surface area contributed by atoms with Gasteiger partial charge in [0.1, 0.15) is 6.61 Å². The summed E-state index contributed by atoms with van der Waals surface area (Å²) in [5.41, 5.74) is 1.73. The van der Waals surface area contributed by atoms with Crippen LogP contribution in [0.15, 0.2) is 28.8 Å². The van der Waals surface area contributed by atoms with E-state index in [0.29, 0.717) is 31.4 Å². The molecular weight excluding hydrogens is 330 g/mol. The normalized spacial score (nSPS) is 20.8. The highest BCUT2D eigenvalue weighted by Crippen LogP contribution is 2.65. The Morgan fingerprint density at radius 3 is 2.50 bits per heavy atom. The number of rotatable bonds is 7. The van der Waals surface area contributed by atoms with Crippen molar-refractivity contribution in [2.75, 3.05) is 13.7 Å². The Bertz CT molecular complexity index is 782. The zero-order valence-corrected chi connectivity index (χ0v) is 16.2. The first-order valence-corrected chi connectivity index (χ1v) is 9.01. The van der Waals surface area contributed by atoms with Crippen LogP contribution in [0.2, 0.25) is 0 Å². The minimum Gasteiger partial charge on any atom is -0.377 e. The van der Waals surface area contributed by atoms with Gasteiger partial charge in [-0.2, -0.15) is 4.98 Å². The van der Waals surface area contributed by atoms with Crippen LogP contribution in [0.5, 0.6) is 0 Å². The highest BCUT2D eigenvalue weighted by Gasteiger charge is 2.67. The fraction of sp³-hybridized carbons (Fsp3) is 0.550. The number of hydrogen-bond acceptors (Lipinski definition) is 5. The second-order valence-electron chi connectivity index (χ2n) is 7.69. The van der Waals surface area contributed by atoms with Gasteiger partial charge in [-0.25, -0.2) is 0 Å². The zero-order valence-electron chi connectivity index (χ0n) is 16.2. The molecule has 1 aromatic carbocycles. The molecule has 0 spiro atoms. The third kappa shape index (κ3) is 3.14. The third-order valence-electron chi connectivity index (χ3n) is 5.43. The summed E-state index contributed by atoms with van der Waals surface area (Å²) >= 11 is 0. The van der Waals surface area contributed by atoms with E-state index < -0.39 is 5.41 Å². The number of aromatic nitrogens is 2. The Hall–Kier alpha value is -2.21. The quantitative estimate of drug-likeness (QED) is 0.761. The Morgan fingerprint density at radius 2 is 1.96 bits per heavy atom. The summed E-state index contributed by atoms with van der Waals surface area (Å²) in [6, 6.07) is 8.31. The second kappa shape index (κ2) is 6.83. The van der Waals surface area contributed by atoms with Crippen molar-refractivity contribution in [3.63, 3.8) is 0 Å². The summed E-state index contributed by atoms with van der Waals surface area (Å²) in [6.07, 6.45) is 0.844. The Kier molecular flexibility index (Phi) is 4.88. The van der Waals surface area contributed by atoms with Crippen LogP contribution >= 0.6 is 0 Å². The first kappa shape index (κ1) is 18.6. The monoisotopic (exact) mass is 357 g/mol. The van der Waals surface area contributed by atoms with Crippen molar-refractivity contribution in [2.24, 2.45) is 5.41 Å². The lowest BCUT2D eigenvalue weighted by Crippen LogP contribution is -2.41. The molecule has 140 valence electrons. The van der Waals surface area contributed by atoms with Gasteiger partial charge in [-0.15, -0.1) is 0 Å². The molecule has 1 unspecified atom stereocenters. The lowest BCUT2D eigenvalue weighted by atomic mass is 9.86. The van der Waals surface area contributed by atoms with Gasteiger partial charge < -0.3 is 14.2 Å². The van der Waals surface area contributed by atoms with Crippen LogP contribution in [0.1, 0.15) is 50.0 Å². The van der Waals surface area contributed by atoms with Crippen LogP contribution in [-0.2, 0) is 28.1 Å². The van der Waals surface area contributed by atoms with Crippen molar-refractivity contribution in [2.45, 2.75) is 52.7 Å². The number of hydrogen-bond donors (Lipinski definition) is 0. The van der Waals surface area contributed by atoms with E-state index in [0.717, 1.165) is 12.0 Å². The van der Waals surface area contributed by atoms with E-state index in [1.54, 1.807) is 12.0 Å².